The van der Waals surface area contributed by atoms with E-state index in [9.17, 15) is 19.5 Å². The molecule has 0 rings (SSSR count). The van der Waals surface area contributed by atoms with Crippen LogP contribution in [0.3, 0.4) is 0 Å². The lowest BCUT2D eigenvalue weighted by atomic mass is 10.1. The molecular weight excluding hydrogens is 827 g/mol. The zero-order chi connectivity index (χ0) is 48.4. The number of carbonyl (C=O) groups excluding carboxylic acids is 2. The molecule has 0 radical (unpaired) electrons. The maximum atomic E-state index is 12.8. The van der Waals surface area contributed by atoms with Crippen LogP contribution in [0, 0.1) is 0 Å². The molecule has 0 fully saturated rings. The van der Waals surface area contributed by atoms with Gasteiger partial charge in [0.2, 0.25) is 0 Å². The molecule has 0 aliphatic rings. The Morgan fingerprint density at radius 2 is 0.864 bits per heavy atom. The van der Waals surface area contributed by atoms with Gasteiger partial charge in [-0.25, -0.2) is 4.79 Å². The molecule has 0 amide bonds. The zero-order valence-corrected chi connectivity index (χ0v) is 42.3. The minimum Gasteiger partial charge on any atom is -0.477 e. The number of hydrogen-bond acceptors (Lipinski definition) is 7. The largest absolute Gasteiger partial charge is 0.477 e. The monoisotopic (exact) mass is 921 g/mol. The SMILES string of the molecule is CC/C=C\C/C=C\C/C=C\C/C=C\C/C=C\C/C=C\C/C=C\C/C=C\CCCCCCCCC(=O)OC(COC(=O)CCCCCCC/C=C\CCC)COC(OCC[N+](C)(C)C)C(=O)O. The summed E-state index contributed by atoms with van der Waals surface area (Å²) in [6, 6.07) is 0. The van der Waals surface area contributed by atoms with Crippen LogP contribution in [0.25, 0.3) is 0 Å². The Labute approximate surface area is 403 Å². The summed E-state index contributed by atoms with van der Waals surface area (Å²) in [5, 5.41) is 9.65. The number of hydrogen-bond donors (Lipinski definition) is 1. The second kappa shape index (κ2) is 47.4. The first kappa shape index (κ1) is 62.0. The van der Waals surface area contributed by atoms with Crippen molar-refractivity contribution >= 4 is 17.9 Å². The predicted octanol–water partition coefficient (Wildman–Crippen LogP) is 14.4. The topological polar surface area (TPSA) is 108 Å². The first-order valence-electron chi connectivity index (χ1n) is 25.6. The summed E-state index contributed by atoms with van der Waals surface area (Å²) in [6.45, 7) is 4.63. The maximum Gasteiger partial charge on any atom is 0.361 e. The maximum absolute atomic E-state index is 12.8. The molecule has 0 saturated carbocycles. The first-order valence-corrected chi connectivity index (χ1v) is 25.6. The van der Waals surface area contributed by atoms with Gasteiger partial charge in [0.1, 0.15) is 13.2 Å². The van der Waals surface area contributed by atoms with E-state index in [0.717, 1.165) is 135 Å². The Morgan fingerprint density at radius 1 is 0.470 bits per heavy atom. The summed E-state index contributed by atoms with van der Waals surface area (Å²) in [7, 11) is 5.94. The summed E-state index contributed by atoms with van der Waals surface area (Å²) in [5.74, 6) is -2.06. The van der Waals surface area contributed by atoms with Gasteiger partial charge in [0.15, 0.2) is 6.10 Å². The number of allylic oxidation sites excluding steroid dienone is 18. The van der Waals surface area contributed by atoms with Gasteiger partial charge >= 0.3 is 17.9 Å². The molecule has 2 atom stereocenters. The van der Waals surface area contributed by atoms with E-state index in [-0.39, 0.29) is 38.6 Å². The van der Waals surface area contributed by atoms with Gasteiger partial charge in [0, 0.05) is 12.8 Å². The van der Waals surface area contributed by atoms with Crippen molar-refractivity contribution in [2.75, 3.05) is 47.5 Å². The van der Waals surface area contributed by atoms with Gasteiger partial charge in [-0.1, -0.05) is 175 Å². The highest BCUT2D eigenvalue weighted by Gasteiger charge is 2.25. The molecule has 9 nitrogen and oxygen atoms in total. The number of unbranched alkanes of at least 4 members (excludes halogenated alkanes) is 12. The summed E-state index contributed by atoms with van der Waals surface area (Å²) in [4.78, 5) is 37.1. The van der Waals surface area contributed by atoms with E-state index in [1.54, 1.807) is 0 Å². The summed E-state index contributed by atoms with van der Waals surface area (Å²) < 4.78 is 22.7. The molecule has 0 heterocycles. The number of rotatable bonds is 45. The predicted molar refractivity (Wildman–Crippen MR) is 276 cm³/mol. The number of carboxylic acids is 1. The number of ether oxygens (including phenoxy) is 4. The Kier molecular flexibility index (Phi) is 44.5. The standard InChI is InChI=1S/C57H93NO8/c1-6-8-10-12-14-16-18-19-20-21-22-23-24-25-26-27-28-29-30-31-32-33-34-35-36-37-38-40-42-44-46-48-55(60)66-53(52-65-57(56(61)62)63-50-49-58(3,4)5)51-64-54(59)47-45-43-41-39-17-15-13-11-9-7-2/h8,10-11,13-14,16,19-20,22-23,25-26,28-29,31-32,34-35,53,57H,6-7,9,12,15,17-18,21,24,27,30,33,36-52H2,1-5H3/p+1/b10-8-,13-11-,16-14-,20-19-,23-22-,26-25-,29-28-,32-31-,35-34-. The third-order valence-electron chi connectivity index (χ3n) is 10.2. The second-order valence-electron chi connectivity index (χ2n) is 17.7. The van der Waals surface area contributed by atoms with E-state index in [0.29, 0.717) is 17.4 Å². The highest BCUT2D eigenvalue weighted by molar-refractivity contribution is 5.71. The van der Waals surface area contributed by atoms with Crippen LogP contribution >= 0.6 is 0 Å². The summed E-state index contributed by atoms with van der Waals surface area (Å²) in [6.07, 6.45) is 61.7. The van der Waals surface area contributed by atoms with Crippen molar-refractivity contribution in [3.63, 3.8) is 0 Å². The molecule has 1 N–H and O–H groups in total. The molecule has 66 heavy (non-hydrogen) atoms. The highest BCUT2D eigenvalue weighted by atomic mass is 16.7. The number of likely N-dealkylation sites (N-methyl/N-ethyl adjacent to an activating group) is 1. The van der Waals surface area contributed by atoms with Gasteiger partial charge < -0.3 is 28.5 Å². The number of carboxylic acid groups (broad SMARTS) is 1. The highest BCUT2D eigenvalue weighted by Crippen LogP contribution is 2.13. The third kappa shape index (κ3) is 47.9. The van der Waals surface area contributed by atoms with Crippen LogP contribution in [0.15, 0.2) is 109 Å². The van der Waals surface area contributed by atoms with Crippen LogP contribution in [0.2, 0.25) is 0 Å². The fourth-order valence-electron chi connectivity index (χ4n) is 6.32. The van der Waals surface area contributed by atoms with Crippen molar-refractivity contribution in [1.82, 2.24) is 0 Å². The molecule has 0 aromatic carbocycles. The van der Waals surface area contributed by atoms with Crippen molar-refractivity contribution in [1.29, 1.82) is 0 Å². The van der Waals surface area contributed by atoms with Crippen LogP contribution in [0.5, 0.6) is 0 Å². The van der Waals surface area contributed by atoms with E-state index in [1.165, 1.54) is 6.42 Å². The van der Waals surface area contributed by atoms with E-state index in [1.807, 2.05) is 21.1 Å². The number of quaternary nitrogens is 1. The third-order valence-corrected chi connectivity index (χ3v) is 10.2. The first-order chi connectivity index (χ1) is 32.1. The fourth-order valence-corrected chi connectivity index (χ4v) is 6.32. The number of aliphatic carboxylic acids is 1. The van der Waals surface area contributed by atoms with Gasteiger partial charge in [0.25, 0.3) is 6.29 Å². The van der Waals surface area contributed by atoms with Gasteiger partial charge in [-0.3, -0.25) is 9.59 Å². The Balaban J connectivity index is 4.29. The molecule has 9 heteroatoms. The van der Waals surface area contributed by atoms with Crippen molar-refractivity contribution < 1.29 is 42.9 Å². The molecular formula is C57H94NO8+. The summed E-state index contributed by atoms with van der Waals surface area (Å²) in [5.41, 5.74) is 0. The van der Waals surface area contributed by atoms with Gasteiger partial charge in [-0.05, 0) is 96.3 Å². The van der Waals surface area contributed by atoms with Crippen LogP contribution in [-0.4, -0.2) is 87.4 Å². The number of esters is 2. The average Bonchev–Trinajstić information content (AvgIpc) is 3.28. The van der Waals surface area contributed by atoms with Crippen LogP contribution in [-0.2, 0) is 33.3 Å². The summed E-state index contributed by atoms with van der Waals surface area (Å²) >= 11 is 0. The van der Waals surface area contributed by atoms with E-state index in [2.05, 4.69) is 123 Å². The molecule has 0 spiro atoms. The van der Waals surface area contributed by atoms with E-state index >= 15 is 0 Å². The normalized spacial score (nSPS) is 13.8. The van der Waals surface area contributed by atoms with Gasteiger partial charge in [-0.15, -0.1) is 0 Å². The van der Waals surface area contributed by atoms with Crippen LogP contribution in [0.1, 0.15) is 174 Å². The number of nitrogens with zero attached hydrogens (tertiary/aromatic N) is 1. The average molecular weight is 921 g/mol. The molecule has 0 bridgehead atoms. The minimum atomic E-state index is -1.52. The smallest absolute Gasteiger partial charge is 0.361 e. The Hall–Kier alpha value is -4.05. The fraction of sp³-hybridized carbons (Fsp3) is 0.632. The second-order valence-corrected chi connectivity index (χ2v) is 17.7. The van der Waals surface area contributed by atoms with Gasteiger partial charge in [0.05, 0.1) is 34.4 Å². The lowest BCUT2D eigenvalue weighted by molar-refractivity contribution is -0.870. The zero-order valence-electron chi connectivity index (χ0n) is 42.3. The molecule has 374 valence electrons. The van der Waals surface area contributed by atoms with Gasteiger partial charge in [-0.2, -0.15) is 0 Å². The molecule has 2 unspecified atom stereocenters. The number of carbonyl (C=O) groups is 3. The van der Waals surface area contributed by atoms with Crippen LogP contribution < -0.4 is 0 Å². The van der Waals surface area contributed by atoms with Crippen molar-refractivity contribution in [3.8, 4) is 0 Å². The molecule has 0 aliphatic heterocycles. The van der Waals surface area contributed by atoms with Crippen molar-refractivity contribution in [3.05, 3.63) is 109 Å². The van der Waals surface area contributed by atoms with Crippen molar-refractivity contribution in [2.45, 2.75) is 187 Å². The minimum absolute atomic E-state index is 0.177. The van der Waals surface area contributed by atoms with Crippen molar-refractivity contribution in [2.24, 2.45) is 0 Å². The quantitative estimate of drug-likeness (QED) is 0.0212. The van der Waals surface area contributed by atoms with E-state index < -0.39 is 24.3 Å². The van der Waals surface area contributed by atoms with Crippen LogP contribution in [0.4, 0.5) is 0 Å². The van der Waals surface area contributed by atoms with E-state index in [4.69, 9.17) is 18.9 Å². The Bertz CT molecular complexity index is 1440. The molecule has 0 aromatic heterocycles. The molecule has 0 aromatic rings. The Morgan fingerprint density at radius 3 is 1.30 bits per heavy atom. The lowest BCUT2D eigenvalue weighted by Gasteiger charge is -2.25. The lowest BCUT2D eigenvalue weighted by Crippen LogP contribution is -2.40. The molecule has 0 aliphatic carbocycles. The molecule has 0 saturated heterocycles.